The number of ether oxygens (including phenoxy) is 1. The molecule has 0 aliphatic heterocycles. The highest BCUT2D eigenvalue weighted by Gasteiger charge is 2.41. The third kappa shape index (κ3) is 8.91. The smallest absolute Gasteiger partial charge is 0.408 e. The zero-order chi connectivity index (χ0) is 25.8. The molecule has 0 bridgehead atoms. The second kappa shape index (κ2) is 10.4. The molecule has 0 spiro atoms. The molecule has 0 aromatic heterocycles. The van der Waals surface area contributed by atoms with E-state index in [9.17, 15) is 14.4 Å². The monoisotopic (exact) mass is 459 g/mol. The summed E-state index contributed by atoms with van der Waals surface area (Å²) in [5, 5.41) is 5.61. The van der Waals surface area contributed by atoms with Gasteiger partial charge in [-0.1, -0.05) is 30.9 Å². The van der Waals surface area contributed by atoms with Gasteiger partial charge in [0, 0.05) is 11.1 Å². The average molecular weight is 460 g/mol. The molecule has 0 radical (unpaired) electrons. The van der Waals surface area contributed by atoms with E-state index < -0.39 is 40.8 Å². The number of hydrogen-bond acceptors (Lipinski definition) is 4. The van der Waals surface area contributed by atoms with Crippen LogP contribution in [0.4, 0.5) is 4.79 Å². The van der Waals surface area contributed by atoms with Gasteiger partial charge in [0.2, 0.25) is 11.8 Å². The molecular formula is C26H41N3O4. The molecule has 7 heteroatoms. The Bertz CT molecular complexity index is 873. The number of alkyl carbamates (subject to hydrolysis) is 1. The van der Waals surface area contributed by atoms with Crippen LogP contribution in [0.3, 0.4) is 0 Å². The van der Waals surface area contributed by atoms with Gasteiger partial charge in [-0.2, -0.15) is 0 Å². The minimum atomic E-state index is -0.917. The molecule has 0 saturated heterocycles. The first kappa shape index (κ1) is 28.2. The van der Waals surface area contributed by atoms with E-state index in [1.165, 1.54) is 4.90 Å². The molecule has 7 nitrogen and oxygen atoms in total. The van der Waals surface area contributed by atoms with Gasteiger partial charge in [-0.05, 0) is 86.4 Å². The largest absolute Gasteiger partial charge is 0.444 e. The number of carbonyl (C=O) groups is 3. The van der Waals surface area contributed by atoms with E-state index in [0.717, 1.165) is 5.56 Å². The molecule has 1 rings (SSSR count). The third-order valence-corrected chi connectivity index (χ3v) is 4.53. The van der Waals surface area contributed by atoms with Gasteiger partial charge in [0.1, 0.15) is 17.7 Å². The van der Waals surface area contributed by atoms with Gasteiger partial charge in [-0.3, -0.25) is 9.59 Å². The van der Waals surface area contributed by atoms with Crippen LogP contribution >= 0.6 is 0 Å². The summed E-state index contributed by atoms with van der Waals surface area (Å²) in [7, 11) is 0. The molecule has 1 aromatic rings. The third-order valence-electron chi connectivity index (χ3n) is 4.53. The van der Waals surface area contributed by atoms with Gasteiger partial charge in [0.15, 0.2) is 0 Å². The fourth-order valence-corrected chi connectivity index (χ4v) is 3.31. The summed E-state index contributed by atoms with van der Waals surface area (Å²) in [6.07, 6.45) is 1.000. The highest BCUT2D eigenvalue weighted by atomic mass is 16.6. The number of amides is 3. The predicted octanol–water partition coefficient (Wildman–Crippen LogP) is 4.83. The Labute approximate surface area is 198 Å². The van der Waals surface area contributed by atoms with Gasteiger partial charge in [-0.15, -0.1) is 0 Å². The maximum absolute atomic E-state index is 13.7. The fourth-order valence-electron chi connectivity index (χ4n) is 3.31. The van der Waals surface area contributed by atoms with Crippen molar-refractivity contribution in [3.8, 4) is 0 Å². The van der Waals surface area contributed by atoms with Crippen LogP contribution in [0.25, 0.3) is 6.08 Å². The Morgan fingerprint density at radius 3 is 2.06 bits per heavy atom. The number of carbonyl (C=O) groups excluding carboxylic acids is 3. The van der Waals surface area contributed by atoms with Gasteiger partial charge >= 0.3 is 6.09 Å². The lowest BCUT2D eigenvalue weighted by atomic mass is 9.94. The van der Waals surface area contributed by atoms with E-state index >= 15 is 0 Å². The SMILES string of the molecule is C=Cc1cccc(C(C(=O)NC(C)(C)C)N(C(=O)C(C)NC(=O)OC(C)(C)C)C(C)(C)C)c1. The van der Waals surface area contributed by atoms with Crippen LogP contribution in [-0.4, -0.2) is 45.5 Å². The van der Waals surface area contributed by atoms with Crippen molar-refractivity contribution in [3.63, 3.8) is 0 Å². The van der Waals surface area contributed by atoms with Crippen molar-refractivity contribution in [2.24, 2.45) is 0 Å². The molecule has 0 saturated carbocycles. The molecule has 3 amide bonds. The second-order valence-electron chi connectivity index (χ2n) is 11.3. The molecule has 1 aromatic carbocycles. The first-order valence-electron chi connectivity index (χ1n) is 11.2. The first-order valence-corrected chi connectivity index (χ1v) is 11.2. The predicted molar refractivity (Wildman–Crippen MR) is 133 cm³/mol. The molecule has 33 heavy (non-hydrogen) atoms. The van der Waals surface area contributed by atoms with Gasteiger partial charge in [-0.25, -0.2) is 4.79 Å². The van der Waals surface area contributed by atoms with Crippen LogP contribution in [0.5, 0.6) is 0 Å². The van der Waals surface area contributed by atoms with Gasteiger partial charge in [0.25, 0.3) is 0 Å². The Morgan fingerprint density at radius 1 is 1.03 bits per heavy atom. The molecule has 2 N–H and O–H groups in total. The van der Waals surface area contributed by atoms with Crippen LogP contribution in [0.2, 0.25) is 0 Å². The van der Waals surface area contributed by atoms with E-state index in [1.807, 2.05) is 65.8 Å². The van der Waals surface area contributed by atoms with Crippen molar-refractivity contribution in [2.45, 2.75) is 98.0 Å². The van der Waals surface area contributed by atoms with Crippen molar-refractivity contribution in [1.29, 1.82) is 0 Å². The summed E-state index contributed by atoms with van der Waals surface area (Å²) < 4.78 is 5.30. The maximum atomic E-state index is 13.7. The average Bonchev–Trinajstić information content (AvgIpc) is 2.61. The molecular weight excluding hydrogens is 418 g/mol. The minimum Gasteiger partial charge on any atom is -0.444 e. The van der Waals surface area contributed by atoms with E-state index in [-0.39, 0.29) is 5.91 Å². The van der Waals surface area contributed by atoms with Crippen molar-refractivity contribution >= 4 is 24.0 Å². The Balaban J connectivity index is 3.48. The second-order valence-corrected chi connectivity index (χ2v) is 11.3. The highest BCUT2D eigenvalue weighted by molar-refractivity contribution is 5.92. The van der Waals surface area contributed by atoms with E-state index in [4.69, 9.17) is 4.74 Å². The molecule has 0 heterocycles. The van der Waals surface area contributed by atoms with Crippen molar-refractivity contribution in [3.05, 3.63) is 42.0 Å². The molecule has 184 valence electrons. The lowest BCUT2D eigenvalue weighted by Crippen LogP contribution is -2.59. The number of rotatable bonds is 6. The highest BCUT2D eigenvalue weighted by Crippen LogP contribution is 2.31. The van der Waals surface area contributed by atoms with Crippen LogP contribution < -0.4 is 10.6 Å². The number of nitrogens with one attached hydrogen (secondary N) is 2. The first-order chi connectivity index (χ1) is 14.9. The van der Waals surface area contributed by atoms with Crippen molar-refractivity contribution in [1.82, 2.24) is 15.5 Å². The summed E-state index contributed by atoms with van der Waals surface area (Å²) >= 11 is 0. The summed E-state index contributed by atoms with van der Waals surface area (Å²) in [4.78, 5) is 41.0. The lowest BCUT2D eigenvalue weighted by molar-refractivity contribution is -0.148. The Kier molecular flexibility index (Phi) is 8.89. The summed E-state index contributed by atoms with van der Waals surface area (Å²) in [6, 6.07) is 5.55. The molecule has 0 aliphatic rings. The standard InChI is InChI=1S/C26H41N3O4/c1-12-18-14-13-15-19(16-18)20(21(30)28-24(3,4)5)29(25(6,7)8)22(31)17(2)27-23(32)33-26(9,10)11/h12-17,20H,1H2,2-11H3,(H,27,32)(H,28,30). The zero-order valence-electron chi connectivity index (χ0n) is 21.8. The van der Waals surface area contributed by atoms with Crippen LogP contribution in [0, 0.1) is 0 Å². The topological polar surface area (TPSA) is 87.7 Å². The van der Waals surface area contributed by atoms with E-state index in [2.05, 4.69) is 17.2 Å². The van der Waals surface area contributed by atoms with Crippen LogP contribution in [0.1, 0.15) is 86.4 Å². The maximum Gasteiger partial charge on any atom is 0.408 e. The quantitative estimate of drug-likeness (QED) is 0.638. The molecule has 0 aliphatic carbocycles. The Morgan fingerprint density at radius 2 is 1.61 bits per heavy atom. The molecule has 2 atom stereocenters. The van der Waals surface area contributed by atoms with E-state index in [1.54, 1.807) is 33.8 Å². The van der Waals surface area contributed by atoms with Crippen LogP contribution in [0.15, 0.2) is 30.8 Å². The number of nitrogens with zero attached hydrogens (tertiary/aromatic N) is 1. The summed E-state index contributed by atoms with van der Waals surface area (Å²) in [5.41, 5.74) is -0.440. The fraction of sp³-hybridized carbons (Fsp3) is 0.577. The van der Waals surface area contributed by atoms with Crippen LogP contribution in [-0.2, 0) is 14.3 Å². The van der Waals surface area contributed by atoms with Crippen molar-refractivity contribution < 1.29 is 19.1 Å². The normalized spacial score (nSPS) is 14.0. The summed E-state index contributed by atoms with van der Waals surface area (Å²) in [6.45, 7) is 21.9. The molecule has 2 unspecified atom stereocenters. The van der Waals surface area contributed by atoms with Crippen molar-refractivity contribution in [2.75, 3.05) is 0 Å². The Hall–Kier alpha value is -2.83. The van der Waals surface area contributed by atoms with Gasteiger partial charge in [0.05, 0.1) is 0 Å². The minimum absolute atomic E-state index is 0.309. The zero-order valence-corrected chi connectivity index (χ0v) is 21.8. The number of hydrogen-bond donors (Lipinski definition) is 2. The van der Waals surface area contributed by atoms with Gasteiger partial charge < -0.3 is 20.3 Å². The number of benzene rings is 1. The lowest BCUT2D eigenvalue weighted by Gasteiger charge is -2.43. The molecule has 0 fully saturated rings. The van der Waals surface area contributed by atoms with E-state index in [0.29, 0.717) is 5.56 Å². The summed E-state index contributed by atoms with van der Waals surface area (Å²) in [5.74, 6) is -0.706.